The number of carbonyl (C=O) groups is 1. The Kier molecular flexibility index (Phi) is 4.59. The number of morpholine rings is 1. The minimum atomic E-state index is -0.252. The molecule has 1 saturated heterocycles. The molecule has 2 fully saturated rings. The normalized spacial score (nSPS) is 37.6. The van der Waals surface area contributed by atoms with Gasteiger partial charge in [0.25, 0.3) is 0 Å². The van der Waals surface area contributed by atoms with E-state index in [4.69, 9.17) is 10.5 Å². The van der Waals surface area contributed by atoms with Gasteiger partial charge < -0.3 is 20.5 Å². The predicted octanol–water partition coefficient (Wildman–Crippen LogP) is 0.112. The molecule has 0 spiro atoms. The number of aliphatic hydroxyl groups is 1. The average Bonchev–Trinajstić information content (AvgIpc) is 2.37. The third-order valence-electron chi connectivity index (χ3n) is 3.98. The average molecular weight is 256 g/mol. The lowest BCUT2D eigenvalue weighted by atomic mass is 9.84. The second-order valence-corrected chi connectivity index (χ2v) is 5.55. The molecule has 4 atom stereocenters. The number of hydrogen-bond acceptors (Lipinski definition) is 4. The Bertz CT molecular complexity index is 298. The number of amides is 1. The maximum absolute atomic E-state index is 12.5. The lowest BCUT2D eigenvalue weighted by molar-refractivity contribution is -0.152. The molecule has 3 N–H and O–H groups in total. The van der Waals surface area contributed by atoms with Crippen molar-refractivity contribution in [3.05, 3.63) is 0 Å². The first kappa shape index (κ1) is 13.8. The second-order valence-electron chi connectivity index (χ2n) is 5.55. The van der Waals surface area contributed by atoms with E-state index in [0.29, 0.717) is 13.1 Å². The summed E-state index contributed by atoms with van der Waals surface area (Å²) in [5, 5.41) is 9.18. The van der Waals surface area contributed by atoms with Crippen LogP contribution in [0.2, 0.25) is 0 Å². The fourth-order valence-corrected chi connectivity index (χ4v) is 3.03. The maximum Gasteiger partial charge on any atom is 0.227 e. The lowest BCUT2D eigenvalue weighted by Crippen LogP contribution is -2.54. The number of nitrogens with two attached hydrogens (primary N) is 1. The molecule has 1 saturated carbocycles. The van der Waals surface area contributed by atoms with E-state index in [0.717, 1.165) is 25.7 Å². The minimum Gasteiger partial charge on any atom is -0.394 e. The molecule has 0 aromatic carbocycles. The van der Waals surface area contributed by atoms with Crippen LogP contribution in [0, 0.1) is 5.92 Å². The molecule has 0 aromatic heterocycles. The van der Waals surface area contributed by atoms with Crippen LogP contribution in [0.4, 0.5) is 0 Å². The molecule has 1 amide bonds. The van der Waals surface area contributed by atoms with E-state index < -0.39 is 0 Å². The first-order valence-electron chi connectivity index (χ1n) is 6.92. The summed E-state index contributed by atoms with van der Waals surface area (Å²) in [5.74, 6) is 0.110. The van der Waals surface area contributed by atoms with E-state index in [1.54, 1.807) is 0 Å². The van der Waals surface area contributed by atoms with Crippen molar-refractivity contribution in [1.29, 1.82) is 0 Å². The zero-order valence-electron chi connectivity index (χ0n) is 11.0. The molecule has 18 heavy (non-hydrogen) atoms. The zero-order valence-corrected chi connectivity index (χ0v) is 11.0. The Morgan fingerprint density at radius 2 is 2.11 bits per heavy atom. The quantitative estimate of drug-likeness (QED) is 0.735. The van der Waals surface area contributed by atoms with Gasteiger partial charge in [0.15, 0.2) is 0 Å². The summed E-state index contributed by atoms with van der Waals surface area (Å²) in [5.41, 5.74) is 6.06. The maximum atomic E-state index is 12.5. The zero-order chi connectivity index (χ0) is 13.1. The van der Waals surface area contributed by atoms with Crippen LogP contribution in [-0.2, 0) is 9.53 Å². The van der Waals surface area contributed by atoms with Gasteiger partial charge in [-0.1, -0.05) is 12.8 Å². The summed E-state index contributed by atoms with van der Waals surface area (Å²) < 4.78 is 5.55. The van der Waals surface area contributed by atoms with E-state index in [1.807, 2.05) is 11.8 Å². The summed E-state index contributed by atoms with van der Waals surface area (Å²) in [6.45, 7) is 3.00. The van der Waals surface area contributed by atoms with E-state index in [9.17, 15) is 9.90 Å². The van der Waals surface area contributed by atoms with Crippen molar-refractivity contribution in [2.24, 2.45) is 11.7 Å². The summed E-state index contributed by atoms with van der Waals surface area (Å²) in [4.78, 5) is 14.3. The molecule has 1 aliphatic heterocycles. The fraction of sp³-hybridized carbons (Fsp3) is 0.923. The van der Waals surface area contributed by atoms with Gasteiger partial charge >= 0.3 is 0 Å². The SMILES string of the molecule is CC1CN(C(=O)C2CCCCC2N)CC(CO)O1. The van der Waals surface area contributed by atoms with Crippen LogP contribution in [0.15, 0.2) is 0 Å². The largest absolute Gasteiger partial charge is 0.394 e. The molecule has 1 heterocycles. The highest BCUT2D eigenvalue weighted by Crippen LogP contribution is 2.26. The van der Waals surface area contributed by atoms with Crippen LogP contribution >= 0.6 is 0 Å². The van der Waals surface area contributed by atoms with Gasteiger partial charge in [0.05, 0.1) is 24.7 Å². The molecule has 2 aliphatic rings. The first-order chi connectivity index (χ1) is 8.61. The summed E-state index contributed by atoms with van der Waals surface area (Å²) in [7, 11) is 0. The van der Waals surface area contributed by atoms with Crippen molar-refractivity contribution < 1.29 is 14.6 Å². The number of hydrogen-bond donors (Lipinski definition) is 2. The number of aliphatic hydroxyl groups excluding tert-OH is 1. The molecule has 0 bridgehead atoms. The van der Waals surface area contributed by atoms with Crippen LogP contribution in [0.5, 0.6) is 0 Å². The third kappa shape index (κ3) is 3.02. The standard InChI is InChI=1S/C13H24N2O3/c1-9-6-15(7-10(8-16)18-9)13(17)11-4-2-3-5-12(11)14/h9-12,16H,2-8,14H2,1H3. The molecule has 0 aromatic rings. The Morgan fingerprint density at radius 3 is 2.78 bits per heavy atom. The van der Waals surface area contributed by atoms with Gasteiger partial charge in [0, 0.05) is 19.1 Å². The lowest BCUT2D eigenvalue weighted by Gasteiger charge is -2.39. The summed E-state index contributed by atoms with van der Waals surface area (Å²) in [6.07, 6.45) is 3.80. The van der Waals surface area contributed by atoms with E-state index >= 15 is 0 Å². The molecule has 5 nitrogen and oxygen atoms in total. The topological polar surface area (TPSA) is 75.8 Å². The molecular weight excluding hydrogens is 232 g/mol. The van der Waals surface area contributed by atoms with Crippen molar-refractivity contribution in [2.75, 3.05) is 19.7 Å². The number of nitrogens with zero attached hydrogens (tertiary/aromatic N) is 1. The number of carbonyl (C=O) groups excluding carboxylic acids is 1. The summed E-state index contributed by atoms with van der Waals surface area (Å²) >= 11 is 0. The molecule has 104 valence electrons. The van der Waals surface area contributed by atoms with Gasteiger partial charge in [-0.15, -0.1) is 0 Å². The van der Waals surface area contributed by atoms with Crippen LogP contribution in [0.1, 0.15) is 32.6 Å². The summed E-state index contributed by atoms with van der Waals surface area (Å²) in [6, 6.07) is -0.00280. The monoisotopic (exact) mass is 256 g/mol. The van der Waals surface area contributed by atoms with Crippen molar-refractivity contribution >= 4 is 5.91 Å². The van der Waals surface area contributed by atoms with Gasteiger partial charge in [-0.25, -0.2) is 0 Å². The molecule has 1 aliphatic carbocycles. The highest BCUT2D eigenvalue weighted by atomic mass is 16.5. The molecule has 2 rings (SSSR count). The van der Waals surface area contributed by atoms with E-state index in [2.05, 4.69) is 0 Å². The van der Waals surface area contributed by atoms with Crippen LogP contribution < -0.4 is 5.73 Å². The Morgan fingerprint density at radius 1 is 1.39 bits per heavy atom. The van der Waals surface area contributed by atoms with Gasteiger partial charge in [-0.05, 0) is 19.8 Å². The first-order valence-corrected chi connectivity index (χ1v) is 6.92. The van der Waals surface area contributed by atoms with Crippen LogP contribution in [0.25, 0.3) is 0 Å². The molecule has 4 unspecified atom stereocenters. The minimum absolute atomic E-state index is 0.00280. The van der Waals surface area contributed by atoms with Gasteiger partial charge in [0.1, 0.15) is 0 Å². The molecule has 5 heteroatoms. The van der Waals surface area contributed by atoms with E-state index in [-0.39, 0.29) is 36.7 Å². The smallest absolute Gasteiger partial charge is 0.227 e. The third-order valence-corrected chi connectivity index (χ3v) is 3.98. The van der Waals surface area contributed by atoms with Crippen molar-refractivity contribution in [3.8, 4) is 0 Å². The van der Waals surface area contributed by atoms with Crippen LogP contribution in [-0.4, -0.2) is 53.9 Å². The van der Waals surface area contributed by atoms with Crippen molar-refractivity contribution in [3.63, 3.8) is 0 Å². The Hall–Kier alpha value is -0.650. The highest BCUT2D eigenvalue weighted by molar-refractivity contribution is 5.79. The highest BCUT2D eigenvalue weighted by Gasteiger charge is 2.35. The predicted molar refractivity (Wildman–Crippen MR) is 67.9 cm³/mol. The Labute approximate surface area is 108 Å². The van der Waals surface area contributed by atoms with Crippen molar-refractivity contribution in [2.45, 2.75) is 50.9 Å². The molecule has 0 radical (unpaired) electrons. The van der Waals surface area contributed by atoms with Crippen molar-refractivity contribution in [1.82, 2.24) is 4.90 Å². The molecular formula is C13H24N2O3. The second kappa shape index (κ2) is 5.99. The van der Waals surface area contributed by atoms with Gasteiger partial charge in [-0.2, -0.15) is 0 Å². The number of ether oxygens (including phenoxy) is 1. The van der Waals surface area contributed by atoms with Crippen LogP contribution in [0.3, 0.4) is 0 Å². The van der Waals surface area contributed by atoms with Gasteiger partial charge in [0.2, 0.25) is 5.91 Å². The fourth-order valence-electron chi connectivity index (χ4n) is 3.03. The number of rotatable bonds is 2. The Balaban J connectivity index is 1.98. The van der Waals surface area contributed by atoms with E-state index in [1.165, 1.54) is 0 Å². The van der Waals surface area contributed by atoms with Gasteiger partial charge in [-0.3, -0.25) is 4.79 Å².